The summed E-state index contributed by atoms with van der Waals surface area (Å²) in [5, 5.41) is 3.71. The summed E-state index contributed by atoms with van der Waals surface area (Å²) < 4.78 is 4.91. The van der Waals surface area contributed by atoms with Gasteiger partial charge in [-0.2, -0.15) is 0 Å². The summed E-state index contributed by atoms with van der Waals surface area (Å²) in [5.41, 5.74) is 4.70. The second-order valence-corrected chi connectivity index (χ2v) is 6.42. The number of nitrogens with two attached hydrogens (primary N) is 1. The van der Waals surface area contributed by atoms with Gasteiger partial charge < -0.3 is 20.1 Å². The quantitative estimate of drug-likeness (QED) is 0.849. The molecule has 1 fully saturated rings. The lowest BCUT2D eigenvalue weighted by Gasteiger charge is -2.35. The maximum atomic E-state index is 12.3. The van der Waals surface area contributed by atoms with E-state index in [0.29, 0.717) is 31.9 Å². The van der Waals surface area contributed by atoms with Gasteiger partial charge in [-0.1, -0.05) is 19.0 Å². The number of carbonyl (C=O) groups excluding carboxylic acids is 3. The molecule has 23 heavy (non-hydrogen) atoms. The first-order chi connectivity index (χ1) is 10.7. The molecule has 1 aliphatic rings. The number of aryl methyl sites for hydroxylation is 1. The molecule has 2 rings (SSSR count). The molecule has 1 aromatic rings. The van der Waals surface area contributed by atoms with E-state index < -0.39 is 11.3 Å². The van der Waals surface area contributed by atoms with E-state index in [9.17, 15) is 14.4 Å². The average molecular weight is 322 g/mol. The first-order valence-corrected chi connectivity index (χ1v) is 7.51. The van der Waals surface area contributed by atoms with Crippen molar-refractivity contribution >= 4 is 17.7 Å². The third-order valence-corrected chi connectivity index (χ3v) is 4.03. The van der Waals surface area contributed by atoms with Crippen LogP contribution in [0.1, 0.15) is 36.5 Å². The minimum Gasteiger partial charge on any atom is -0.369 e. The van der Waals surface area contributed by atoms with Gasteiger partial charge in [0.15, 0.2) is 5.69 Å². The molecule has 2 N–H and O–H groups in total. The zero-order chi connectivity index (χ0) is 17.2. The summed E-state index contributed by atoms with van der Waals surface area (Å²) >= 11 is 0. The molecule has 0 bridgehead atoms. The monoisotopic (exact) mass is 322 g/mol. The topological polar surface area (TPSA) is 110 Å². The van der Waals surface area contributed by atoms with Crippen LogP contribution in [0.2, 0.25) is 0 Å². The minimum absolute atomic E-state index is 0.0682. The van der Waals surface area contributed by atoms with E-state index in [-0.39, 0.29) is 23.9 Å². The molecule has 0 aromatic carbocycles. The van der Waals surface area contributed by atoms with Crippen molar-refractivity contribution in [1.29, 1.82) is 0 Å². The fourth-order valence-electron chi connectivity index (χ4n) is 2.37. The van der Waals surface area contributed by atoms with Gasteiger partial charge in [-0.15, -0.1) is 0 Å². The Bertz CT molecular complexity index is 615. The normalized spacial score (nSPS) is 15.6. The fraction of sp³-hybridized carbons (Fsp3) is 0.600. The Morgan fingerprint density at radius 2 is 1.78 bits per heavy atom. The fourth-order valence-corrected chi connectivity index (χ4v) is 2.37. The number of amides is 3. The molecular weight excluding hydrogens is 300 g/mol. The highest BCUT2D eigenvalue weighted by Gasteiger charge is 2.32. The van der Waals surface area contributed by atoms with Gasteiger partial charge >= 0.3 is 0 Å². The second kappa shape index (κ2) is 6.39. The number of piperazine rings is 1. The lowest BCUT2D eigenvalue weighted by atomic mass is 9.88. The number of hydrogen-bond acceptors (Lipinski definition) is 5. The van der Waals surface area contributed by atoms with Crippen molar-refractivity contribution < 1.29 is 18.9 Å². The van der Waals surface area contributed by atoms with E-state index >= 15 is 0 Å². The highest BCUT2D eigenvalue weighted by molar-refractivity contribution is 5.92. The van der Waals surface area contributed by atoms with Crippen molar-refractivity contribution in [2.24, 2.45) is 11.1 Å². The summed E-state index contributed by atoms with van der Waals surface area (Å²) in [7, 11) is 0. The molecule has 0 unspecified atom stereocenters. The predicted molar refractivity (Wildman–Crippen MR) is 81.3 cm³/mol. The molecule has 126 valence electrons. The van der Waals surface area contributed by atoms with Crippen LogP contribution in [0.15, 0.2) is 10.6 Å². The maximum absolute atomic E-state index is 12.3. The molecule has 1 aromatic heterocycles. The van der Waals surface area contributed by atoms with Gasteiger partial charge in [0.25, 0.3) is 5.91 Å². The zero-order valence-electron chi connectivity index (χ0n) is 13.7. The van der Waals surface area contributed by atoms with E-state index in [0.717, 1.165) is 0 Å². The van der Waals surface area contributed by atoms with Crippen molar-refractivity contribution in [1.82, 2.24) is 15.0 Å². The highest BCUT2D eigenvalue weighted by Crippen LogP contribution is 2.21. The molecule has 0 saturated carbocycles. The lowest BCUT2D eigenvalue weighted by Crippen LogP contribution is -2.51. The van der Waals surface area contributed by atoms with Gasteiger partial charge in [0, 0.05) is 38.7 Å². The number of rotatable bonds is 4. The standard InChI is InChI=1S/C15H22N4O4/c1-10-8-11(17-23-10)13(21)19-6-4-18(5-7-19)12(20)9-15(2,3)14(16)22/h8H,4-7,9H2,1-3H3,(H2,16,22). The molecule has 3 amide bonds. The average Bonchev–Trinajstić information content (AvgIpc) is 2.92. The Morgan fingerprint density at radius 1 is 1.22 bits per heavy atom. The van der Waals surface area contributed by atoms with E-state index in [1.807, 2.05) is 0 Å². The summed E-state index contributed by atoms with van der Waals surface area (Å²) in [6, 6.07) is 1.59. The molecule has 0 radical (unpaired) electrons. The van der Waals surface area contributed by atoms with E-state index in [4.69, 9.17) is 10.3 Å². The van der Waals surface area contributed by atoms with Crippen LogP contribution in [0.5, 0.6) is 0 Å². The van der Waals surface area contributed by atoms with Crippen molar-refractivity contribution in [3.8, 4) is 0 Å². The van der Waals surface area contributed by atoms with Gasteiger partial charge in [-0.05, 0) is 6.92 Å². The molecular formula is C15H22N4O4. The van der Waals surface area contributed by atoms with Crippen molar-refractivity contribution in [2.45, 2.75) is 27.2 Å². The van der Waals surface area contributed by atoms with Crippen LogP contribution < -0.4 is 5.73 Å². The van der Waals surface area contributed by atoms with Crippen LogP contribution in [-0.4, -0.2) is 58.9 Å². The van der Waals surface area contributed by atoms with Crippen molar-refractivity contribution in [2.75, 3.05) is 26.2 Å². The number of aromatic nitrogens is 1. The Kier molecular flexibility index (Phi) is 4.72. The molecule has 0 atom stereocenters. The van der Waals surface area contributed by atoms with E-state index in [1.165, 1.54) is 0 Å². The first kappa shape index (κ1) is 17.0. The van der Waals surface area contributed by atoms with Gasteiger partial charge in [0.05, 0.1) is 5.41 Å². The number of hydrogen-bond donors (Lipinski definition) is 1. The largest absolute Gasteiger partial charge is 0.369 e. The first-order valence-electron chi connectivity index (χ1n) is 7.51. The van der Waals surface area contributed by atoms with E-state index in [2.05, 4.69) is 5.16 Å². The molecule has 8 heteroatoms. The van der Waals surface area contributed by atoms with Crippen LogP contribution in [0, 0.1) is 12.3 Å². The van der Waals surface area contributed by atoms with Gasteiger partial charge in [-0.25, -0.2) is 0 Å². The van der Waals surface area contributed by atoms with Crippen LogP contribution in [0.4, 0.5) is 0 Å². The van der Waals surface area contributed by atoms with Gasteiger partial charge in [0.1, 0.15) is 5.76 Å². The Morgan fingerprint density at radius 3 is 2.26 bits per heavy atom. The molecule has 1 saturated heterocycles. The van der Waals surface area contributed by atoms with Crippen LogP contribution in [0.3, 0.4) is 0 Å². The molecule has 0 aliphatic carbocycles. The number of carbonyl (C=O) groups is 3. The Hall–Kier alpha value is -2.38. The predicted octanol–water partition coefficient (Wildman–Crippen LogP) is 0.169. The van der Waals surface area contributed by atoms with Crippen LogP contribution >= 0.6 is 0 Å². The van der Waals surface area contributed by atoms with E-state index in [1.54, 1.807) is 36.6 Å². The zero-order valence-corrected chi connectivity index (χ0v) is 13.7. The van der Waals surface area contributed by atoms with Crippen molar-refractivity contribution in [3.05, 3.63) is 17.5 Å². The molecule has 0 spiro atoms. The SMILES string of the molecule is Cc1cc(C(=O)N2CCN(C(=O)CC(C)(C)C(N)=O)CC2)no1. The molecule has 1 aliphatic heterocycles. The van der Waals surface area contributed by atoms with Gasteiger partial charge in [-0.3, -0.25) is 14.4 Å². The molecule has 2 heterocycles. The molecule has 8 nitrogen and oxygen atoms in total. The van der Waals surface area contributed by atoms with Gasteiger partial charge in [0.2, 0.25) is 11.8 Å². The van der Waals surface area contributed by atoms with Crippen molar-refractivity contribution in [3.63, 3.8) is 0 Å². The third kappa shape index (κ3) is 3.88. The third-order valence-electron chi connectivity index (χ3n) is 4.03. The van der Waals surface area contributed by atoms with Crippen LogP contribution in [0.25, 0.3) is 0 Å². The minimum atomic E-state index is -0.873. The smallest absolute Gasteiger partial charge is 0.276 e. The Labute approximate surface area is 134 Å². The number of primary amides is 1. The summed E-state index contributed by atoms with van der Waals surface area (Å²) in [5.74, 6) is -0.249. The lowest BCUT2D eigenvalue weighted by molar-refractivity contribution is -0.139. The Balaban J connectivity index is 1.90. The summed E-state index contributed by atoms with van der Waals surface area (Å²) in [6.07, 6.45) is 0.0682. The maximum Gasteiger partial charge on any atom is 0.276 e. The number of nitrogens with zero attached hydrogens (tertiary/aromatic N) is 3. The summed E-state index contributed by atoms with van der Waals surface area (Å²) in [6.45, 7) is 6.73. The van der Waals surface area contributed by atoms with Crippen LogP contribution in [-0.2, 0) is 9.59 Å². The highest BCUT2D eigenvalue weighted by atomic mass is 16.5. The second-order valence-electron chi connectivity index (χ2n) is 6.42. The summed E-state index contributed by atoms with van der Waals surface area (Å²) in [4.78, 5) is 39.1.